The molecule has 0 aromatic carbocycles. The number of aliphatic hydroxyl groups is 1. The van der Waals surface area contributed by atoms with E-state index in [1.54, 1.807) is 7.11 Å². The number of hydrogen-bond donors (Lipinski definition) is 1. The number of esters is 1. The van der Waals surface area contributed by atoms with Gasteiger partial charge in [-0.1, -0.05) is 18.2 Å². The molecule has 2 rings (SSSR count). The SMILES string of the molecule is C=CC(=O)O[C@@H]1CC[C@@](C)(O)[C@@H]([C@@]2(C)O[C@@H]2CC=C(C)C)[C@@H]1OC. The topological polar surface area (TPSA) is 68.3 Å². The fourth-order valence-electron chi connectivity index (χ4n) is 4.05. The Bertz CT molecular complexity index is 520. The molecule has 0 unspecified atom stereocenters. The molecule has 0 aromatic heterocycles. The van der Waals surface area contributed by atoms with Crippen LogP contribution >= 0.6 is 0 Å². The summed E-state index contributed by atoms with van der Waals surface area (Å²) in [5.41, 5.74) is -0.189. The number of carbonyl (C=O) groups excluding carboxylic acids is 1. The lowest BCUT2D eigenvalue weighted by atomic mass is 9.66. The van der Waals surface area contributed by atoms with E-state index in [0.717, 1.165) is 12.5 Å². The standard InChI is InChI=1S/C19H30O5/c1-7-15(20)23-13-10-11-18(4,21)17(16(13)22-6)19(5)14(24-19)9-8-12(2)3/h7-8,13-14,16-17,21H,1,9-11H2,2-6H3/t13-,14-,16-,17+,18-,19+/m1/s1. The minimum absolute atomic E-state index is 0.0374. The Morgan fingerprint density at radius 2 is 2.08 bits per heavy atom. The van der Waals surface area contributed by atoms with E-state index < -0.39 is 29.4 Å². The maximum Gasteiger partial charge on any atom is 0.330 e. The lowest BCUT2D eigenvalue weighted by Crippen LogP contribution is -2.59. The Morgan fingerprint density at radius 3 is 2.62 bits per heavy atom. The first kappa shape index (κ1) is 19.2. The summed E-state index contributed by atoms with van der Waals surface area (Å²) >= 11 is 0. The molecule has 1 saturated carbocycles. The molecule has 0 bridgehead atoms. The second-order valence-corrected chi connectivity index (χ2v) is 7.56. The summed E-state index contributed by atoms with van der Waals surface area (Å²) in [5.74, 6) is -0.743. The van der Waals surface area contributed by atoms with Crippen LogP contribution in [-0.2, 0) is 19.0 Å². The molecular formula is C19H30O5. The molecule has 1 aliphatic heterocycles. The van der Waals surface area contributed by atoms with Gasteiger partial charge < -0.3 is 19.3 Å². The Morgan fingerprint density at radius 1 is 1.42 bits per heavy atom. The summed E-state index contributed by atoms with van der Waals surface area (Å²) in [5, 5.41) is 11.0. The number of methoxy groups -OCH3 is 1. The van der Waals surface area contributed by atoms with Crippen molar-refractivity contribution in [2.24, 2.45) is 5.92 Å². The summed E-state index contributed by atoms with van der Waals surface area (Å²) < 4.78 is 17.1. The summed E-state index contributed by atoms with van der Waals surface area (Å²) in [6.07, 6.45) is 4.40. The largest absolute Gasteiger partial charge is 0.456 e. The van der Waals surface area contributed by atoms with Crippen molar-refractivity contribution in [3.63, 3.8) is 0 Å². The van der Waals surface area contributed by atoms with Crippen LogP contribution < -0.4 is 0 Å². The number of hydrogen-bond acceptors (Lipinski definition) is 5. The molecule has 24 heavy (non-hydrogen) atoms. The Balaban J connectivity index is 2.21. The van der Waals surface area contributed by atoms with Crippen molar-refractivity contribution in [1.82, 2.24) is 0 Å². The summed E-state index contributed by atoms with van der Waals surface area (Å²) in [4.78, 5) is 11.6. The molecule has 1 heterocycles. The summed E-state index contributed by atoms with van der Waals surface area (Å²) in [6, 6.07) is 0. The van der Waals surface area contributed by atoms with Crippen LogP contribution in [-0.4, -0.2) is 47.7 Å². The van der Waals surface area contributed by atoms with Crippen molar-refractivity contribution in [1.29, 1.82) is 0 Å². The smallest absolute Gasteiger partial charge is 0.330 e. The monoisotopic (exact) mass is 338 g/mol. The highest BCUT2D eigenvalue weighted by atomic mass is 16.6. The first-order valence-electron chi connectivity index (χ1n) is 8.55. The van der Waals surface area contributed by atoms with Crippen molar-refractivity contribution < 1.29 is 24.1 Å². The molecule has 5 nitrogen and oxygen atoms in total. The van der Waals surface area contributed by atoms with Gasteiger partial charge in [0, 0.05) is 19.1 Å². The Kier molecular flexibility index (Phi) is 5.57. The van der Waals surface area contributed by atoms with Crippen LogP contribution in [0.4, 0.5) is 0 Å². The van der Waals surface area contributed by atoms with Crippen LogP contribution in [0.3, 0.4) is 0 Å². The second-order valence-electron chi connectivity index (χ2n) is 7.56. The van der Waals surface area contributed by atoms with E-state index in [-0.39, 0.29) is 12.0 Å². The molecule has 6 atom stereocenters. The highest BCUT2D eigenvalue weighted by Gasteiger charge is 2.66. The van der Waals surface area contributed by atoms with Gasteiger partial charge >= 0.3 is 5.97 Å². The van der Waals surface area contributed by atoms with E-state index >= 15 is 0 Å². The summed E-state index contributed by atoms with van der Waals surface area (Å²) in [6.45, 7) is 11.4. The fraction of sp³-hybridized carbons (Fsp3) is 0.737. The van der Waals surface area contributed by atoms with Crippen molar-refractivity contribution in [3.05, 3.63) is 24.3 Å². The third kappa shape index (κ3) is 3.73. The van der Waals surface area contributed by atoms with E-state index in [1.165, 1.54) is 5.57 Å². The highest BCUT2D eigenvalue weighted by molar-refractivity contribution is 5.81. The highest BCUT2D eigenvalue weighted by Crippen LogP contribution is 2.54. The zero-order valence-electron chi connectivity index (χ0n) is 15.4. The third-order valence-corrected chi connectivity index (χ3v) is 5.34. The zero-order chi connectivity index (χ0) is 18.1. The number of carbonyl (C=O) groups is 1. The van der Waals surface area contributed by atoms with E-state index in [1.807, 2.05) is 13.8 Å². The number of epoxide rings is 1. The van der Waals surface area contributed by atoms with Gasteiger partial charge in [0.2, 0.25) is 0 Å². The normalized spacial score (nSPS) is 41.4. The van der Waals surface area contributed by atoms with Crippen molar-refractivity contribution in [2.75, 3.05) is 7.11 Å². The van der Waals surface area contributed by atoms with E-state index in [4.69, 9.17) is 14.2 Å². The molecule has 1 saturated heterocycles. The van der Waals surface area contributed by atoms with E-state index in [0.29, 0.717) is 12.8 Å². The molecule has 2 fully saturated rings. The van der Waals surface area contributed by atoms with Crippen LogP contribution in [0.25, 0.3) is 0 Å². The lowest BCUT2D eigenvalue weighted by Gasteiger charge is -2.47. The first-order chi connectivity index (χ1) is 11.2. The third-order valence-electron chi connectivity index (χ3n) is 5.34. The Hall–Kier alpha value is -1.17. The van der Waals surface area contributed by atoms with Crippen LogP contribution in [0.5, 0.6) is 0 Å². The first-order valence-corrected chi connectivity index (χ1v) is 8.55. The molecule has 5 heteroatoms. The average molecular weight is 338 g/mol. The zero-order valence-corrected chi connectivity index (χ0v) is 15.4. The molecule has 2 aliphatic rings. The maximum absolute atomic E-state index is 11.6. The molecular weight excluding hydrogens is 308 g/mol. The summed E-state index contributed by atoms with van der Waals surface area (Å²) in [7, 11) is 1.59. The van der Waals surface area contributed by atoms with Gasteiger partial charge in [-0.05, 0) is 47.0 Å². The van der Waals surface area contributed by atoms with Gasteiger partial charge in [0.25, 0.3) is 0 Å². The predicted molar refractivity (Wildman–Crippen MR) is 91.5 cm³/mol. The van der Waals surface area contributed by atoms with Gasteiger partial charge in [-0.15, -0.1) is 0 Å². The van der Waals surface area contributed by atoms with Crippen LogP contribution in [0, 0.1) is 5.92 Å². The molecule has 0 aromatic rings. The van der Waals surface area contributed by atoms with Gasteiger partial charge in [-0.3, -0.25) is 0 Å². The van der Waals surface area contributed by atoms with Crippen molar-refractivity contribution in [2.45, 2.75) is 76.5 Å². The van der Waals surface area contributed by atoms with Crippen molar-refractivity contribution >= 4 is 5.97 Å². The van der Waals surface area contributed by atoms with Gasteiger partial charge in [-0.2, -0.15) is 0 Å². The predicted octanol–water partition coefficient (Wildman–Crippen LogP) is 2.77. The molecule has 1 N–H and O–H groups in total. The van der Waals surface area contributed by atoms with Crippen LogP contribution in [0.2, 0.25) is 0 Å². The van der Waals surface area contributed by atoms with Gasteiger partial charge in [0.15, 0.2) is 0 Å². The lowest BCUT2D eigenvalue weighted by molar-refractivity contribution is -0.190. The molecule has 1 aliphatic carbocycles. The van der Waals surface area contributed by atoms with Crippen molar-refractivity contribution in [3.8, 4) is 0 Å². The maximum atomic E-state index is 11.6. The fourth-order valence-corrected chi connectivity index (χ4v) is 4.05. The van der Waals surface area contributed by atoms with Gasteiger partial charge in [0.05, 0.1) is 11.7 Å². The molecule has 0 spiro atoms. The second kappa shape index (κ2) is 6.98. The van der Waals surface area contributed by atoms with E-state index in [2.05, 4.69) is 26.5 Å². The minimum atomic E-state index is -0.938. The van der Waals surface area contributed by atoms with E-state index in [9.17, 15) is 9.90 Å². The van der Waals surface area contributed by atoms with Gasteiger partial charge in [0.1, 0.15) is 17.8 Å². The molecule has 0 radical (unpaired) electrons. The number of allylic oxidation sites excluding steroid dienone is 1. The minimum Gasteiger partial charge on any atom is -0.456 e. The number of ether oxygens (including phenoxy) is 3. The quantitative estimate of drug-likeness (QED) is 0.349. The molecule has 0 amide bonds. The number of rotatable bonds is 6. The molecule has 136 valence electrons. The Labute approximate surface area is 144 Å². The van der Waals surface area contributed by atoms with Crippen LogP contribution in [0.15, 0.2) is 24.3 Å². The van der Waals surface area contributed by atoms with Crippen LogP contribution in [0.1, 0.15) is 47.0 Å². The van der Waals surface area contributed by atoms with Gasteiger partial charge in [-0.25, -0.2) is 4.79 Å². The average Bonchev–Trinajstić information content (AvgIpc) is 3.17.